The molecule has 1 aromatic rings. The second-order valence-corrected chi connectivity index (χ2v) is 2.74. The Morgan fingerprint density at radius 1 is 1.38 bits per heavy atom. The third kappa shape index (κ3) is 2.10. The largest absolute Gasteiger partial charge is 0.505 e. The van der Waals surface area contributed by atoms with E-state index in [9.17, 15) is 26.7 Å². The Labute approximate surface area is 85.5 Å². The predicted octanol–water partition coefficient (Wildman–Crippen LogP) is 2.56. The number of hydrogen-bond donors (Lipinski definition) is 1. The Morgan fingerprint density at radius 2 is 1.94 bits per heavy atom. The van der Waals surface area contributed by atoms with E-state index in [1.807, 2.05) is 0 Å². The molecule has 0 bridgehead atoms. The van der Waals surface area contributed by atoms with Crippen molar-refractivity contribution in [3.63, 3.8) is 0 Å². The van der Waals surface area contributed by atoms with Crippen LogP contribution in [0.4, 0.5) is 22.0 Å². The third-order valence-corrected chi connectivity index (χ3v) is 1.75. The van der Waals surface area contributed by atoms with Gasteiger partial charge < -0.3 is 5.11 Å². The van der Waals surface area contributed by atoms with Gasteiger partial charge in [-0.15, -0.1) is 0 Å². The number of carbonyl (C=O) groups is 1. The van der Waals surface area contributed by atoms with E-state index in [1.165, 1.54) is 0 Å². The molecule has 0 saturated carbocycles. The number of alkyl halides is 5. The van der Waals surface area contributed by atoms with E-state index >= 15 is 0 Å². The monoisotopic (exact) mass is 241 g/mol. The van der Waals surface area contributed by atoms with E-state index in [1.54, 1.807) is 0 Å². The molecule has 1 aromatic heterocycles. The minimum Gasteiger partial charge on any atom is -0.505 e. The molecule has 0 unspecified atom stereocenters. The minimum absolute atomic E-state index is 0.0882. The van der Waals surface area contributed by atoms with Crippen molar-refractivity contribution in [2.24, 2.45) is 0 Å². The van der Waals surface area contributed by atoms with Crippen molar-refractivity contribution in [1.82, 2.24) is 4.98 Å². The number of halogens is 5. The number of carbonyl (C=O) groups excluding carboxylic acids is 1. The fourth-order valence-electron chi connectivity index (χ4n) is 1.04. The molecule has 0 spiro atoms. The second kappa shape index (κ2) is 4.03. The summed E-state index contributed by atoms with van der Waals surface area (Å²) in [7, 11) is 0. The standard InChI is InChI=1S/C8H4F5NO2/c9-7(10)5-6(16)3(2-15)4(1-14-5)8(11,12)13/h1-2,7,16H. The van der Waals surface area contributed by atoms with E-state index in [0.29, 0.717) is 0 Å². The molecule has 0 radical (unpaired) electrons. The first kappa shape index (κ1) is 12.3. The molecular weight excluding hydrogens is 237 g/mol. The van der Waals surface area contributed by atoms with Gasteiger partial charge in [0.25, 0.3) is 6.43 Å². The Bertz CT molecular complexity index is 416. The maximum Gasteiger partial charge on any atom is 0.418 e. The fraction of sp³-hybridized carbons (Fsp3) is 0.250. The summed E-state index contributed by atoms with van der Waals surface area (Å²) in [4.78, 5) is 13.1. The van der Waals surface area contributed by atoms with Crippen LogP contribution < -0.4 is 0 Å². The van der Waals surface area contributed by atoms with Crippen molar-refractivity contribution in [3.8, 4) is 5.75 Å². The molecule has 0 aliphatic rings. The summed E-state index contributed by atoms with van der Waals surface area (Å²) in [5.41, 5.74) is -4.04. The van der Waals surface area contributed by atoms with Gasteiger partial charge in [0.1, 0.15) is 5.69 Å². The Morgan fingerprint density at radius 3 is 2.31 bits per heavy atom. The molecule has 1 heterocycles. The first-order chi connectivity index (χ1) is 7.29. The van der Waals surface area contributed by atoms with Gasteiger partial charge in [0.2, 0.25) is 0 Å². The van der Waals surface area contributed by atoms with Gasteiger partial charge in [0.15, 0.2) is 12.0 Å². The molecular formula is C8H4F5NO2. The van der Waals surface area contributed by atoms with Crippen molar-refractivity contribution in [2.45, 2.75) is 12.6 Å². The minimum atomic E-state index is -4.94. The summed E-state index contributed by atoms with van der Waals surface area (Å²) in [5.74, 6) is -1.44. The van der Waals surface area contributed by atoms with E-state index in [-0.39, 0.29) is 12.5 Å². The van der Waals surface area contributed by atoms with Crippen LogP contribution in [0.1, 0.15) is 28.0 Å². The highest BCUT2D eigenvalue weighted by Gasteiger charge is 2.36. The number of aromatic hydroxyl groups is 1. The van der Waals surface area contributed by atoms with Crippen molar-refractivity contribution < 1.29 is 31.9 Å². The van der Waals surface area contributed by atoms with Gasteiger partial charge in [-0.3, -0.25) is 9.78 Å². The highest BCUT2D eigenvalue weighted by Crippen LogP contribution is 2.37. The van der Waals surface area contributed by atoms with Crippen LogP contribution in [0, 0.1) is 0 Å². The van der Waals surface area contributed by atoms with E-state index < -0.39 is 35.2 Å². The number of pyridine rings is 1. The van der Waals surface area contributed by atoms with Gasteiger partial charge in [0.05, 0.1) is 11.1 Å². The summed E-state index contributed by atoms with van der Waals surface area (Å²) in [6, 6.07) is 0. The molecule has 0 aliphatic carbocycles. The lowest BCUT2D eigenvalue weighted by Gasteiger charge is -2.11. The number of aromatic nitrogens is 1. The molecule has 0 saturated heterocycles. The molecule has 8 heteroatoms. The van der Waals surface area contributed by atoms with E-state index in [2.05, 4.69) is 4.98 Å². The van der Waals surface area contributed by atoms with Gasteiger partial charge in [-0.05, 0) is 0 Å². The highest BCUT2D eigenvalue weighted by atomic mass is 19.4. The molecule has 1 rings (SSSR count). The predicted molar refractivity (Wildman–Crippen MR) is 41.2 cm³/mol. The zero-order valence-electron chi connectivity index (χ0n) is 7.42. The Kier molecular flexibility index (Phi) is 3.11. The molecule has 0 aliphatic heterocycles. The highest BCUT2D eigenvalue weighted by molar-refractivity contribution is 5.82. The number of hydrogen-bond acceptors (Lipinski definition) is 3. The summed E-state index contributed by atoms with van der Waals surface area (Å²) in [6.07, 6.45) is -8.46. The molecule has 16 heavy (non-hydrogen) atoms. The number of nitrogens with zero attached hydrogens (tertiary/aromatic N) is 1. The molecule has 0 aromatic carbocycles. The van der Waals surface area contributed by atoms with Crippen molar-refractivity contribution >= 4 is 6.29 Å². The van der Waals surface area contributed by atoms with Crippen LogP contribution in [-0.2, 0) is 6.18 Å². The lowest BCUT2D eigenvalue weighted by molar-refractivity contribution is -0.138. The molecule has 3 nitrogen and oxygen atoms in total. The molecule has 0 fully saturated rings. The van der Waals surface area contributed by atoms with Crippen LogP contribution in [-0.4, -0.2) is 16.4 Å². The normalized spacial score (nSPS) is 11.9. The summed E-state index contributed by atoms with van der Waals surface area (Å²) in [6.45, 7) is 0. The topological polar surface area (TPSA) is 50.2 Å². The van der Waals surface area contributed by atoms with Crippen molar-refractivity contribution in [2.75, 3.05) is 0 Å². The molecule has 0 amide bonds. The maximum absolute atomic E-state index is 12.3. The Hall–Kier alpha value is -1.73. The maximum atomic E-state index is 12.3. The third-order valence-electron chi connectivity index (χ3n) is 1.75. The number of rotatable bonds is 2. The van der Waals surface area contributed by atoms with Crippen LogP contribution in [0.2, 0.25) is 0 Å². The van der Waals surface area contributed by atoms with Crippen molar-refractivity contribution in [3.05, 3.63) is 23.0 Å². The molecule has 0 atom stereocenters. The first-order valence-corrected chi connectivity index (χ1v) is 3.81. The molecule has 88 valence electrons. The quantitative estimate of drug-likeness (QED) is 0.639. The zero-order valence-corrected chi connectivity index (χ0v) is 7.42. The second-order valence-electron chi connectivity index (χ2n) is 2.74. The van der Waals surface area contributed by atoms with Crippen molar-refractivity contribution in [1.29, 1.82) is 0 Å². The average Bonchev–Trinajstić information content (AvgIpc) is 2.15. The van der Waals surface area contributed by atoms with Gasteiger partial charge in [-0.2, -0.15) is 13.2 Å². The van der Waals surface area contributed by atoms with Crippen LogP contribution in [0.15, 0.2) is 6.20 Å². The van der Waals surface area contributed by atoms with Gasteiger partial charge in [-0.1, -0.05) is 0 Å². The molecule has 1 N–H and O–H groups in total. The van der Waals surface area contributed by atoms with Crippen LogP contribution >= 0.6 is 0 Å². The first-order valence-electron chi connectivity index (χ1n) is 3.81. The lowest BCUT2D eigenvalue weighted by atomic mass is 10.1. The van der Waals surface area contributed by atoms with Crippen LogP contribution in [0.3, 0.4) is 0 Å². The summed E-state index contributed by atoms with van der Waals surface area (Å²) < 4.78 is 61.1. The average molecular weight is 241 g/mol. The van der Waals surface area contributed by atoms with Crippen LogP contribution in [0.25, 0.3) is 0 Å². The van der Waals surface area contributed by atoms with E-state index in [0.717, 1.165) is 0 Å². The summed E-state index contributed by atoms with van der Waals surface area (Å²) >= 11 is 0. The fourth-order valence-corrected chi connectivity index (χ4v) is 1.04. The summed E-state index contributed by atoms with van der Waals surface area (Å²) in [5, 5.41) is 9.03. The lowest BCUT2D eigenvalue weighted by Crippen LogP contribution is -2.11. The Balaban J connectivity index is 3.47. The van der Waals surface area contributed by atoms with Crippen LogP contribution in [0.5, 0.6) is 5.75 Å². The smallest absolute Gasteiger partial charge is 0.418 e. The SMILES string of the molecule is O=Cc1c(C(F)(F)F)cnc(C(F)F)c1O. The van der Waals surface area contributed by atoms with E-state index in [4.69, 9.17) is 5.11 Å². The number of aldehydes is 1. The van der Waals surface area contributed by atoms with Gasteiger partial charge in [-0.25, -0.2) is 8.78 Å². The zero-order chi connectivity index (χ0) is 12.5. The van der Waals surface area contributed by atoms with Gasteiger partial charge in [0, 0.05) is 6.20 Å². The van der Waals surface area contributed by atoms with Gasteiger partial charge >= 0.3 is 6.18 Å².